The van der Waals surface area contributed by atoms with E-state index in [9.17, 15) is 9.18 Å². The first kappa shape index (κ1) is 12.8. The Labute approximate surface area is 115 Å². The lowest BCUT2D eigenvalue weighted by atomic mass is 10.2. The van der Waals surface area contributed by atoms with Crippen LogP contribution in [-0.2, 0) is 0 Å². The summed E-state index contributed by atoms with van der Waals surface area (Å²) in [6.45, 7) is 0. The number of hydrogen-bond acceptors (Lipinski definition) is 3. The lowest BCUT2D eigenvalue weighted by molar-refractivity contribution is 0.102. The number of carbonyl (C=O) groups excluding carboxylic acids is 1. The smallest absolute Gasteiger partial charge is 0.175 e. The van der Waals surface area contributed by atoms with Crippen molar-refractivity contribution in [3.63, 3.8) is 0 Å². The summed E-state index contributed by atoms with van der Waals surface area (Å²) in [7, 11) is 0. The molecule has 0 aliphatic heterocycles. The van der Waals surface area contributed by atoms with Crippen molar-refractivity contribution in [2.45, 2.75) is 4.90 Å². The van der Waals surface area contributed by atoms with Gasteiger partial charge in [-0.25, -0.2) is 4.39 Å². The van der Waals surface area contributed by atoms with E-state index in [1.165, 1.54) is 35.2 Å². The van der Waals surface area contributed by atoms with Gasteiger partial charge in [0.25, 0.3) is 0 Å². The minimum Gasteiger partial charge on any atom is -0.293 e. The number of carbonyl (C=O) groups is 1. The zero-order valence-electron chi connectivity index (χ0n) is 8.65. The fraction of sp³-hybridized carbons (Fsp3) is 0.0833. The Balaban J connectivity index is 1.97. The van der Waals surface area contributed by atoms with E-state index in [1.54, 1.807) is 12.1 Å². The largest absolute Gasteiger partial charge is 0.293 e. The van der Waals surface area contributed by atoms with Crippen LogP contribution in [0, 0.1) is 5.82 Å². The van der Waals surface area contributed by atoms with Gasteiger partial charge >= 0.3 is 0 Å². The van der Waals surface area contributed by atoms with E-state index in [2.05, 4.69) is 15.9 Å². The summed E-state index contributed by atoms with van der Waals surface area (Å²) in [5.74, 6) is 0.176. The van der Waals surface area contributed by atoms with Gasteiger partial charge in [0.1, 0.15) is 5.82 Å². The van der Waals surface area contributed by atoms with Gasteiger partial charge in [0.2, 0.25) is 0 Å². The Morgan fingerprint density at radius 2 is 2.00 bits per heavy atom. The van der Waals surface area contributed by atoms with Crippen LogP contribution in [0.1, 0.15) is 10.4 Å². The predicted molar refractivity (Wildman–Crippen MR) is 73.5 cm³/mol. The average Bonchev–Trinajstić information content (AvgIpc) is 2.74. The summed E-state index contributed by atoms with van der Waals surface area (Å²) in [5.41, 5.74) is 0.713. The number of thioether (sulfide) groups is 1. The number of benzene rings is 1. The molecule has 2 aromatic rings. The van der Waals surface area contributed by atoms with Gasteiger partial charge in [0.05, 0.1) is 5.75 Å². The molecule has 2 rings (SSSR count). The zero-order valence-corrected chi connectivity index (χ0v) is 11.9. The van der Waals surface area contributed by atoms with Crippen LogP contribution in [0.4, 0.5) is 4.39 Å². The molecular weight excluding hydrogens is 323 g/mol. The summed E-state index contributed by atoms with van der Waals surface area (Å²) in [5, 5.41) is 3.72. The van der Waals surface area contributed by atoms with E-state index in [0.717, 1.165) is 9.37 Å². The molecule has 1 aromatic carbocycles. The molecule has 0 fully saturated rings. The fourth-order valence-electron chi connectivity index (χ4n) is 1.24. The number of hydrogen-bond donors (Lipinski definition) is 0. The topological polar surface area (TPSA) is 17.1 Å². The third kappa shape index (κ3) is 3.40. The van der Waals surface area contributed by atoms with Crippen LogP contribution < -0.4 is 0 Å². The van der Waals surface area contributed by atoms with Gasteiger partial charge in [0, 0.05) is 25.7 Å². The second-order valence-electron chi connectivity index (χ2n) is 3.30. The van der Waals surface area contributed by atoms with E-state index in [4.69, 9.17) is 0 Å². The summed E-state index contributed by atoms with van der Waals surface area (Å²) in [6.07, 6.45) is 0. The summed E-state index contributed by atoms with van der Waals surface area (Å²) >= 11 is 6.24. The first-order chi connectivity index (χ1) is 8.16. The standard InChI is InChI=1S/C12H8BrFOS2/c13-11-6-16-5-10(11)12(15)7-17-9-3-1-8(14)2-4-9/h1-6H,7H2. The van der Waals surface area contributed by atoms with Crippen LogP contribution >= 0.6 is 39.0 Å². The number of ketones is 1. The molecule has 1 aromatic heterocycles. The summed E-state index contributed by atoms with van der Waals surface area (Å²) < 4.78 is 13.5. The zero-order chi connectivity index (χ0) is 12.3. The SMILES string of the molecule is O=C(CSc1ccc(F)cc1)c1cscc1Br. The van der Waals surface area contributed by atoms with E-state index in [1.807, 2.05) is 10.8 Å². The van der Waals surface area contributed by atoms with Crippen LogP contribution in [-0.4, -0.2) is 11.5 Å². The molecule has 0 unspecified atom stereocenters. The van der Waals surface area contributed by atoms with Gasteiger partial charge in [-0.3, -0.25) is 4.79 Å². The normalized spacial score (nSPS) is 10.5. The maximum Gasteiger partial charge on any atom is 0.175 e. The third-order valence-electron chi connectivity index (χ3n) is 2.10. The molecule has 1 nitrogen and oxygen atoms in total. The molecule has 0 saturated heterocycles. The van der Waals surface area contributed by atoms with Gasteiger partial charge in [0.15, 0.2) is 5.78 Å². The molecule has 0 amide bonds. The van der Waals surface area contributed by atoms with Crippen LogP contribution in [0.5, 0.6) is 0 Å². The molecule has 17 heavy (non-hydrogen) atoms. The van der Waals surface area contributed by atoms with Crippen molar-refractivity contribution < 1.29 is 9.18 Å². The Kier molecular flexibility index (Phi) is 4.36. The molecule has 0 N–H and O–H groups in total. The van der Waals surface area contributed by atoms with Gasteiger partial charge < -0.3 is 0 Å². The molecule has 0 bridgehead atoms. The van der Waals surface area contributed by atoms with E-state index in [-0.39, 0.29) is 11.6 Å². The number of thiophene rings is 1. The van der Waals surface area contributed by atoms with Crippen molar-refractivity contribution in [1.29, 1.82) is 0 Å². The molecule has 5 heteroatoms. The molecule has 0 spiro atoms. The Morgan fingerprint density at radius 3 is 2.59 bits per heavy atom. The van der Waals surface area contributed by atoms with E-state index >= 15 is 0 Å². The average molecular weight is 331 g/mol. The molecule has 0 atom stereocenters. The van der Waals surface area contributed by atoms with Gasteiger partial charge in [-0.05, 0) is 40.2 Å². The Morgan fingerprint density at radius 1 is 1.29 bits per heavy atom. The Bertz CT molecular complexity index is 522. The lowest BCUT2D eigenvalue weighted by Gasteiger charge is -2.00. The van der Waals surface area contributed by atoms with Crippen molar-refractivity contribution in [3.05, 3.63) is 50.9 Å². The van der Waals surface area contributed by atoms with Crippen LogP contribution in [0.2, 0.25) is 0 Å². The van der Waals surface area contributed by atoms with Crippen molar-refractivity contribution in [2.24, 2.45) is 0 Å². The van der Waals surface area contributed by atoms with Crippen LogP contribution in [0.25, 0.3) is 0 Å². The first-order valence-corrected chi connectivity index (χ1v) is 7.52. The second kappa shape index (κ2) is 5.80. The highest BCUT2D eigenvalue weighted by molar-refractivity contribution is 9.10. The minimum absolute atomic E-state index is 0.0763. The highest BCUT2D eigenvalue weighted by Crippen LogP contribution is 2.25. The number of halogens is 2. The van der Waals surface area contributed by atoms with Crippen molar-refractivity contribution in [3.8, 4) is 0 Å². The van der Waals surface area contributed by atoms with Crippen LogP contribution in [0.15, 0.2) is 44.4 Å². The van der Waals surface area contributed by atoms with Crippen molar-refractivity contribution >= 4 is 44.8 Å². The summed E-state index contributed by atoms with van der Waals surface area (Å²) in [4.78, 5) is 12.7. The maximum absolute atomic E-state index is 12.7. The van der Waals surface area contributed by atoms with Gasteiger partial charge in [-0.2, -0.15) is 11.3 Å². The number of rotatable bonds is 4. The minimum atomic E-state index is -0.263. The maximum atomic E-state index is 12.7. The molecule has 0 radical (unpaired) electrons. The van der Waals surface area contributed by atoms with E-state index < -0.39 is 0 Å². The highest BCUT2D eigenvalue weighted by Gasteiger charge is 2.11. The second-order valence-corrected chi connectivity index (χ2v) is 5.95. The van der Waals surface area contributed by atoms with Crippen LogP contribution in [0.3, 0.4) is 0 Å². The van der Waals surface area contributed by atoms with Gasteiger partial charge in [-0.1, -0.05) is 0 Å². The molecule has 88 valence electrons. The third-order valence-corrected chi connectivity index (χ3v) is 4.81. The fourth-order valence-corrected chi connectivity index (χ4v) is 3.54. The lowest BCUT2D eigenvalue weighted by Crippen LogP contribution is -2.01. The van der Waals surface area contributed by atoms with Crippen molar-refractivity contribution in [2.75, 3.05) is 5.75 Å². The van der Waals surface area contributed by atoms with Gasteiger partial charge in [-0.15, -0.1) is 11.8 Å². The van der Waals surface area contributed by atoms with Crippen molar-refractivity contribution in [1.82, 2.24) is 0 Å². The molecular formula is C12H8BrFOS2. The molecule has 0 saturated carbocycles. The predicted octanol–water partition coefficient (Wildman–Crippen LogP) is 4.62. The Hall–Kier alpha value is -0.650. The number of Topliss-reactive ketones (excluding diaryl/α,β-unsaturated/α-hetero) is 1. The monoisotopic (exact) mass is 330 g/mol. The quantitative estimate of drug-likeness (QED) is 0.600. The summed E-state index contributed by atoms with van der Waals surface area (Å²) in [6, 6.07) is 6.15. The molecule has 0 aliphatic rings. The highest BCUT2D eigenvalue weighted by atomic mass is 79.9. The molecule has 0 aliphatic carbocycles. The van der Waals surface area contributed by atoms with E-state index in [0.29, 0.717) is 11.3 Å². The molecule has 1 heterocycles. The first-order valence-electron chi connectivity index (χ1n) is 4.80.